The van der Waals surface area contributed by atoms with Crippen LogP contribution in [0.5, 0.6) is 0 Å². The Labute approximate surface area is 130 Å². The largest absolute Gasteiger partial charge is 0.322 e. The number of carbonyl (C=O) groups is 1. The molecule has 3 nitrogen and oxygen atoms in total. The van der Waals surface area contributed by atoms with Gasteiger partial charge < -0.3 is 5.32 Å². The molecule has 21 heavy (non-hydrogen) atoms. The molecule has 0 atom stereocenters. The third-order valence-corrected chi connectivity index (χ3v) is 3.29. The Balaban J connectivity index is 2.23. The van der Waals surface area contributed by atoms with E-state index in [0.29, 0.717) is 10.7 Å². The van der Waals surface area contributed by atoms with Crippen molar-refractivity contribution in [3.05, 3.63) is 57.9 Å². The van der Waals surface area contributed by atoms with Crippen LogP contribution in [0.3, 0.4) is 0 Å². The maximum absolute atomic E-state index is 12.3. The van der Waals surface area contributed by atoms with Gasteiger partial charge in [-0.3, -0.25) is 4.79 Å². The van der Waals surface area contributed by atoms with Crippen LogP contribution in [0.25, 0.3) is 0 Å². The lowest BCUT2D eigenvalue weighted by molar-refractivity contribution is 0.102. The Kier molecular flexibility index (Phi) is 4.97. The van der Waals surface area contributed by atoms with E-state index < -0.39 is 0 Å². The van der Waals surface area contributed by atoms with E-state index >= 15 is 0 Å². The number of anilines is 1. The Bertz CT molecular complexity index is 648. The summed E-state index contributed by atoms with van der Waals surface area (Å²) in [5.74, 6) is -0.165. The van der Waals surface area contributed by atoms with Gasteiger partial charge in [0.25, 0.3) is 5.91 Å². The van der Waals surface area contributed by atoms with Gasteiger partial charge in [-0.25, -0.2) is 4.98 Å². The fourth-order valence-electron chi connectivity index (χ4n) is 2.32. The van der Waals surface area contributed by atoms with Gasteiger partial charge >= 0.3 is 0 Å². The number of carbonyl (C=O) groups excluding carboxylic acids is 1. The summed E-state index contributed by atoms with van der Waals surface area (Å²) in [5.41, 5.74) is 4.41. The van der Waals surface area contributed by atoms with Crippen LogP contribution in [0.4, 0.5) is 5.69 Å². The number of aromatic nitrogens is 1. The van der Waals surface area contributed by atoms with E-state index in [9.17, 15) is 4.79 Å². The number of rotatable bonds is 4. The summed E-state index contributed by atoms with van der Waals surface area (Å²) in [7, 11) is 0. The zero-order valence-electron chi connectivity index (χ0n) is 12.5. The third-order valence-electron chi connectivity index (χ3n) is 3.10. The van der Waals surface area contributed by atoms with Gasteiger partial charge in [0, 0.05) is 16.9 Å². The van der Waals surface area contributed by atoms with Crippen molar-refractivity contribution in [2.24, 2.45) is 0 Å². The number of benzene rings is 1. The molecule has 0 saturated carbocycles. The van der Waals surface area contributed by atoms with Crippen molar-refractivity contribution in [1.29, 1.82) is 0 Å². The highest BCUT2D eigenvalue weighted by atomic mass is 35.5. The van der Waals surface area contributed by atoms with Gasteiger partial charge in [0.1, 0.15) is 5.15 Å². The molecule has 1 aromatic carbocycles. The van der Waals surface area contributed by atoms with Crippen molar-refractivity contribution in [2.45, 2.75) is 33.6 Å². The number of hydrogen-bond acceptors (Lipinski definition) is 2. The second kappa shape index (κ2) is 6.72. The predicted molar refractivity (Wildman–Crippen MR) is 87.1 cm³/mol. The number of aryl methyl sites for hydroxylation is 3. The minimum absolute atomic E-state index is 0.165. The maximum Gasteiger partial charge on any atom is 0.255 e. The van der Waals surface area contributed by atoms with Crippen LogP contribution in [0, 0.1) is 13.8 Å². The zero-order chi connectivity index (χ0) is 15.4. The topological polar surface area (TPSA) is 42.0 Å². The number of halogens is 1. The number of hydrogen-bond donors (Lipinski definition) is 1. The highest BCUT2D eigenvalue weighted by Crippen LogP contribution is 2.17. The average Bonchev–Trinajstić information content (AvgIpc) is 2.37. The zero-order valence-corrected chi connectivity index (χ0v) is 13.3. The van der Waals surface area contributed by atoms with Gasteiger partial charge in [0.05, 0.1) is 0 Å². The molecule has 2 rings (SSSR count). The van der Waals surface area contributed by atoms with Crippen molar-refractivity contribution >= 4 is 23.2 Å². The molecule has 0 aliphatic rings. The summed E-state index contributed by atoms with van der Waals surface area (Å²) in [4.78, 5) is 16.6. The molecule has 1 aromatic heterocycles. The van der Waals surface area contributed by atoms with Crippen molar-refractivity contribution < 1.29 is 4.79 Å². The Hall–Kier alpha value is -1.87. The van der Waals surface area contributed by atoms with Crippen molar-refractivity contribution in [2.75, 3.05) is 5.32 Å². The standard InChI is InChI=1S/C17H19ClN2O/c1-4-5-14-9-13(10-16(18)19-14)17(21)20-15-7-11(2)6-12(3)8-15/h6-10H,4-5H2,1-3H3,(H,20,21). The number of nitrogens with zero attached hydrogens (tertiary/aromatic N) is 1. The summed E-state index contributed by atoms with van der Waals surface area (Å²) in [6.07, 6.45) is 1.77. The van der Waals surface area contributed by atoms with Crippen LogP contribution in [0.1, 0.15) is 40.5 Å². The van der Waals surface area contributed by atoms with Crippen molar-refractivity contribution in [3.8, 4) is 0 Å². The maximum atomic E-state index is 12.3. The fraction of sp³-hybridized carbons (Fsp3) is 0.294. The summed E-state index contributed by atoms with van der Waals surface area (Å²) in [6, 6.07) is 9.35. The molecule has 4 heteroatoms. The quantitative estimate of drug-likeness (QED) is 0.841. The average molecular weight is 303 g/mol. The molecule has 0 bridgehead atoms. The van der Waals surface area contributed by atoms with Gasteiger partial charge in [0.2, 0.25) is 0 Å². The molecule has 0 spiro atoms. The van der Waals surface area contributed by atoms with Crippen LogP contribution in [-0.2, 0) is 6.42 Å². The monoisotopic (exact) mass is 302 g/mol. The first-order chi connectivity index (χ1) is 9.97. The second-order valence-corrected chi connectivity index (χ2v) is 5.64. The highest BCUT2D eigenvalue weighted by molar-refractivity contribution is 6.29. The lowest BCUT2D eigenvalue weighted by Crippen LogP contribution is -2.13. The molecule has 110 valence electrons. The fourth-order valence-corrected chi connectivity index (χ4v) is 2.54. The molecule has 0 saturated heterocycles. The summed E-state index contributed by atoms with van der Waals surface area (Å²) in [6.45, 7) is 6.08. The van der Waals surface area contributed by atoms with Crippen LogP contribution < -0.4 is 5.32 Å². The van der Waals surface area contributed by atoms with Crippen molar-refractivity contribution in [1.82, 2.24) is 4.98 Å². The number of amides is 1. The molecule has 0 aliphatic heterocycles. The molecule has 0 unspecified atom stereocenters. The van der Waals surface area contributed by atoms with Crippen LogP contribution in [0.2, 0.25) is 5.15 Å². The first-order valence-electron chi connectivity index (χ1n) is 7.04. The van der Waals surface area contributed by atoms with Crippen LogP contribution >= 0.6 is 11.6 Å². The van der Waals surface area contributed by atoms with Gasteiger partial charge in [-0.2, -0.15) is 0 Å². The van der Waals surface area contributed by atoms with E-state index in [1.807, 2.05) is 26.0 Å². The van der Waals surface area contributed by atoms with Gasteiger partial charge in [-0.05, 0) is 55.7 Å². The number of nitrogens with one attached hydrogen (secondary N) is 1. The molecular formula is C17H19ClN2O. The van der Waals surface area contributed by atoms with E-state index in [-0.39, 0.29) is 5.91 Å². The minimum atomic E-state index is -0.165. The molecule has 0 aliphatic carbocycles. The Morgan fingerprint density at radius 3 is 2.43 bits per heavy atom. The molecule has 1 amide bonds. The summed E-state index contributed by atoms with van der Waals surface area (Å²) in [5, 5.41) is 3.26. The molecular weight excluding hydrogens is 284 g/mol. The molecule has 0 radical (unpaired) electrons. The smallest absolute Gasteiger partial charge is 0.255 e. The molecule has 1 N–H and O–H groups in total. The second-order valence-electron chi connectivity index (χ2n) is 5.25. The van der Waals surface area contributed by atoms with Gasteiger partial charge in [0.15, 0.2) is 0 Å². The van der Waals surface area contributed by atoms with Crippen LogP contribution in [-0.4, -0.2) is 10.9 Å². The third kappa shape index (κ3) is 4.30. The Morgan fingerprint density at radius 1 is 1.14 bits per heavy atom. The normalized spacial score (nSPS) is 10.5. The van der Waals surface area contributed by atoms with E-state index in [1.165, 1.54) is 0 Å². The summed E-state index contributed by atoms with van der Waals surface area (Å²) < 4.78 is 0. The van der Waals surface area contributed by atoms with E-state index in [2.05, 4.69) is 23.3 Å². The van der Waals surface area contributed by atoms with E-state index in [0.717, 1.165) is 35.3 Å². The van der Waals surface area contributed by atoms with Crippen LogP contribution in [0.15, 0.2) is 30.3 Å². The first-order valence-corrected chi connectivity index (χ1v) is 7.42. The van der Waals surface area contributed by atoms with Gasteiger partial charge in [-0.1, -0.05) is 31.0 Å². The lowest BCUT2D eigenvalue weighted by Gasteiger charge is -2.09. The number of pyridine rings is 1. The molecule has 1 heterocycles. The lowest BCUT2D eigenvalue weighted by atomic mass is 10.1. The highest BCUT2D eigenvalue weighted by Gasteiger charge is 2.10. The predicted octanol–water partition coefficient (Wildman–Crippen LogP) is 4.56. The van der Waals surface area contributed by atoms with E-state index in [4.69, 9.17) is 11.6 Å². The molecule has 2 aromatic rings. The minimum Gasteiger partial charge on any atom is -0.322 e. The first kappa shape index (κ1) is 15.5. The SMILES string of the molecule is CCCc1cc(C(=O)Nc2cc(C)cc(C)c2)cc(Cl)n1. The summed E-state index contributed by atoms with van der Waals surface area (Å²) >= 11 is 5.99. The Morgan fingerprint density at radius 2 is 1.81 bits per heavy atom. The van der Waals surface area contributed by atoms with Crippen molar-refractivity contribution in [3.63, 3.8) is 0 Å². The van der Waals surface area contributed by atoms with Gasteiger partial charge in [-0.15, -0.1) is 0 Å². The molecule has 0 fully saturated rings. The van der Waals surface area contributed by atoms with E-state index in [1.54, 1.807) is 12.1 Å².